The molecule has 0 aliphatic heterocycles. The van der Waals surface area contributed by atoms with E-state index in [4.69, 9.17) is 9.47 Å². The van der Waals surface area contributed by atoms with Crippen molar-refractivity contribution in [1.82, 2.24) is 0 Å². The molecule has 2 rings (SSSR count). The minimum Gasteiger partial charge on any atom is -0.496 e. The van der Waals surface area contributed by atoms with E-state index in [-0.39, 0.29) is 18.8 Å². The van der Waals surface area contributed by atoms with Gasteiger partial charge in [0.15, 0.2) is 5.78 Å². The molecule has 104 valence electrons. The van der Waals surface area contributed by atoms with Crippen LogP contribution in [0, 0.1) is 0 Å². The molecule has 4 heteroatoms. The zero-order valence-corrected chi connectivity index (χ0v) is 12.7. The third-order valence-corrected chi connectivity index (χ3v) is 3.27. The minimum atomic E-state index is 0.00486. The van der Waals surface area contributed by atoms with Crippen molar-refractivity contribution >= 4 is 21.7 Å². The smallest absolute Gasteiger partial charge is 0.174 e. The Morgan fingerprint density at radius 2 is 1.90 bits per heavy atom. The molecule has 0 aromatic heterocycles. The van der Waals surface area contributed by atoms with Crippen LogP contribution in [0.15, 0.2) is 53.0 Å². The van der Waals surface area contributed by atoms with Crippen LogP contribution >= 0.6 is 15.9 Å². The monoisotopic (exact) mass is 334 g/mol. The Morgan fingerprint density at radius 1 is 1.15 bits per heavy atom. The molecule has 0 saturated heterocycles. The zero-order valence-electron chi connectivity index (χ0n) is 11.1. The average molecular weight is 335 g/mol. The van der Waals surface area contributed by atoms with Crippen LogP contribution in [0.25, 0.3) is 0 Å². The van der Waals surface area contributed by atoms with Gasteiger partial charge in [-0.15, -0.1) is 0 Å². The second kappa shape index (κ2) is 7.10. The summed E-state index contributed by atoms with van der Waals surface area (Å²) in [7, 11) is 1.59. The lowest BCUT2D eigenvalue weighted by Gasteiger charge is -2.09. The molecule has 20 heavy (non-hydrogen) atoms. The van der Waals surface area contributed by atoms with Crippen LogP contribution < -0.4 is 9.47 Å². The van der Waals surface area contributed by atoms with Crippen molar-refractivity contribution < 1.29 is 14.3 Å². The molecular formula is C16H15BrO3. The van der Waals surface area contributed by atoms with Gasteiger partial charge in [-0.25, -0.2) is 0 Å². The van der Waals surface area contributed by atoms with Crippen LogP contribution in [0.2, 0.25) is 0 Å². The number of ether oxygens (including phenoxy) is 2. The summed E-state index contributed by atoms with van der Waals surface area (Å²) in [6.45, 7) is 0.0552. The molecule has 0 atom stereocenters. The Morgan fingerprint density at radius 3 is 2.60 bits per heavy atom. The Bertz CT molecular complexity index is 582. The molecule has 3 nitrogen and oxygen atoms in total. The predicted molar refractivity (Wildman–Crippen MR) is 81.3 cm³/mol. The van der Waals surface area contributed by atoms with Crippen LogP contribution in [0.1, 0.15) is 5.56 Å². The van der Waals surface area contributed by atoms with Gasteiger partial charge < -0.3 is 9.47 Å². The third kappa shape index (κ3) is 4.10. The highest BCUT2D eigenvalue weighted by atomic mass is 79.9. The second-order valence-electron chi connectivity index (χ2n) is 4.27. The molecule has 0 aliphatic carbocycles. The molecule has 0 N–H and O–H groups in total. The number of carbonyl (C=O) groups excluding carboxylic acids is 1. The summed E-state index contributed by atoms with van der Waals surface area (Å²) < 4.78 is 11.6. The fraction of sp³-hybridized carbons (Fsp3) is 0.188. The molecule has 0 bridgehead atoms. The molecule has 0 aliphatic rings. The van der Waals surface area contributed by atoms with E-state index in [9.17, 15) is 4.79 Å². The summed E-state index contributed by atoms with van der Waals surface area (Å²) >= 11 is 3.39. The Kier molecular flexibility index (Phi) is 5.18. The van der Waals surface area contributed by atoms with Crippen molar-refractivity contribution in [3.05, 3.63) is 58.6 Å². The summed E-state index contributed by atoms with van der Waals surface area (Å²) in [4.78, 5) is 12.0. The highest BCUT2D eigenvalue weighted by Gasteiger charge is 2.10. The lowest BCUT2D eigenvalue weighted by atomic mass is 10.1. The highest BCUT2D eigenvalue weighted by molar-refractivity contribution is 9.10. The van der Waals surface area contributed by atoms with Crippen LogP contribution in [-0.4, -0.2) is 19.5 Å². The molecule has 2 aromatic rings. The number of hydrogen-bond donors (Lipinski definition) is 0. The van der Waals surface area contributed by atoms with Gasteiger partial charge in [-0.1, -0.05) is 34.1 Å². The van der Waals surface area contributed by atoms with Gasteiger partial charge in [0.05, 0.1) is 7.11 Å². The fourth-order valence-electron chi connectivity index (χ4n) is 1.83. The van der Waals surface area contributed by atoms with E-state index in [1.807, 2.05) is 48.5 Å². The number of benzene rings is 2. The average Bonchev–Trinajstić information content (AvgIpc) is 2.46. The molecule has 0 unspecified atom stereocenters. The first-order valence-corrected chi connectivity index (χ1v) is 7.00. The first kappa shape index (κ1) is 14.6. The number of hydrogen-bond acceptors (Lipinski definition) is 3. The largest absolute Gasteiger partial charge is 0.496 e. The van der Waals surface area contributed by atoms with E-state index in [0.29, 0.717) is 11.5 Å². The normalized spacial score (nSPS) is 10.1. The van der Waals surface area contributed by atoms with Crippen molar-refractivity contribution in [2.75, 3.05) is 13.7 Å². The maximum Gasteiger partial charge on any atom is 0.174 e. The number of halogens is 1. The van der Waals surface area contributed by atoms with E-state index < -0.39 is 0 Å². The van der Waals surface area contributed by atoms with Gasteiger partial charge in [0, 0.05) is 16.5 Å². The zero-order chi connectivity index (χ0) is 14.4. The number of methoxy groups -OCH3 is 1. The third-order valence-electron chi connectivity index (χ3n) is 2.77. The van der Waals surface area contributed by atoms with Gasteiger partial charge >= 0.3 is 0 Å². The summed E-state index contributed by atoms with van der Waals surface area (Å²) in [6.07, 6.45) is 0.287. The van der Waals surface area contributed by atoms with Gasteiger partial charge in [0.25, 0.3) is 0 Å². The van der Waals surface area contributed by atoms with Gasteiger partial charge in [0.1, 0.15) is 18.1 Å². The topological polar surface area (TPSA) is 35.5 Å². The molecule has 0 saturated carbocycles. The van der Waals surface area contributed by atoms with E-state index in [1.165, 1.54) is 0 Å². The molecule has 0 radical (unpaired) electrons. The summed E-state index contributed by atoms with van der Waals surface area (Å²) in [6, 6.07) is 14.9. The van der Waals surface area contributed by atoms with Crippen molar-refractivity contribution in [2.24, 2.45) is 0 Å². The standard InChI is InChI=1S/C16H15BrO3/c1-19-16-8-7-13(17)9-12(16)10-14(18)11-20-15-5-3-2-4-6-15/h2-9H,10-11H2,1H3. The van der Waals surface area contributed by atoms with Gasteiger partial charge in [-0.05, 0) is 30.3 Å². The number of ketones is 1. The Hall–Kier alpha value is -1.81. The summed E-state index contributed by atoms with van der Waals surface area (Å²) in [5.41, 5.74) is 0.850. The SMILES string of the molecule is COc1ccc(Br)cc1CC(=O)COc1ccccc1. The van der Waals surface area contributed by atoms with Crippen molar-refractivity contribution in [3.8, 4) is 11.5 Å². The predicted octanol–water partition coefficient (Wildman–Crippen LogP) is 3.65. The lowest BCUT2D eigenvalue weighted by Crippen LogP contribution is -2.14. The summed E-state index contributed by atoms with van der Waals surface area (Å²) in [5, 5.41) is 0. The van der Waals surface area contributed by atoms with Crippen LogP contribution in [0.4, 0.5) is 0 Å². The molecular weight excluding hydrogens is 320 g/mol. The summed E-state index contributed by atoms with van der Waals surface area (Å²) in [5.74, 6) is 1.41. The van der Waals surface area contributed by atoms with E-state index >= 15 is 0 Å². The number of rotatable bonds is 6. The highest BCUT2D eigenvalue weighted by Crippen LogP contribution is 2.23. The van der Waals surface area contributed by atoms with Crippen LogP contribution in [0.3, 0.4) is 0 Å². The van der Waals surface area contributed by atoms with Crippen LogP contribution in [-0.2, 0) is 11.2 Å². The van der Waals surface area contributed by atoms with Gasteiger partial charge in [-0.2, -0.15) is 0 Å². The number of Topliss-reactive ketones (excluding diaryl/α,β-unsaturated/α-hetero) is 1. The Balaban J connectivity index is 1.96. The van der Waals surface area contributed by atoms with Crippen molar-refractivity contribution in [3.63, 3.8) is 0 Å². The molecule has 0 spiro atoms. The number of para-hydroxylation sites is 1. The maximum absolute atomic E-state index is 12.0. The van der Waals surface area contributed by atoms with E-state index in [2.05, 4.69) is 15.9 Å². The quantitative estimate of drug-likeness (QED) is 0.808. The van der Waals surface area contributed by atoms with Gasteiger partial charge in [-0.3, -0.25) is 4.79 Å². The van der Waals surface area contributed by atoms with Gasteiger partial charge in [0.2, 0.25) is 0 Å². The second-order valence-corrected chi connectivity index (χ2v) is 5.19. The lowest BCUT2D eigenvalue weighted by molar-refractivity contribution is -0.120. The van der Waals surface area contributed by atoms with E-state index in [0.717, 1.165) is 10.0 Å². The molecule has 0 fully saturated rings. The molecule has 2 aromatic carbocycles. The first-order valence-electron chi connectivity index (χ1n) is 6.21. The van der Waals surface area contributed by atoms with Crippen LogP contribution in [0.5, 0.6) is 11.5 Å². The first-order chi connectivity index (χ1) is 9.69. The van der Waals surface area contributed by atoms with Crippen molar-refractivity contribution in [2.45, 2.75) is 6.42 Å². The molecule has 0 amide bonds. The molecule has 0 heterocycles. The maximum atomic E-state index is 12.0. The van der Waals surface area contributed by atoms with Crippen molar-refractivity contribution in [1.29, 1.82) is 0 Å². The minimum absolute atomic E-state index is 0.00486. The van der Waals surface area contributed by atoms with E-state index in [1.54, 1.807) is 7.11 Å². The number of carbonyl (C=O) groups is 1. The fourth-order valence-corrected chi connectivity index (χ4v) is 2.24. The Labute approximate surface area is 126 Å².